The number of ketones is 1. The van der Waals surface area contributed by atoms with E-state index in [1.807, 2.05) is 13.8 Å². The second-order valence-corrected chi connectivity index (χ2v) is 15.9. The molecule has 5 saturated heterocycles. The molecule has 1 aliphatic carbocycles. The highest BCUT2D eigenvalue weighted by Gasteiger charge is 2.44. The Morgan fingerprint density at radius 2 is 1.16 bits per heavy atom. The van der Waals surface area contributed by atoms with Gasteiger partial charge in [0.2, 0.25) is 0 Å². The Morgan fingerprint density at radius 3 is 1.29 bits per heavy atom. The van der Waals surface area contributed by atoms with Gasteiger partial charge in [0.25, 0.3) is 0 Å². The Hall–Kier alpha value is -4.04. The Bertz CT molecular complexity index is 1320. The van der Waals surface area contributed by atoms with Crippen molar-refractivity contribution >= 4 is 23.7 Å². The molecule has 17 heteroatoms. The van der Waals surface area contributed by atoms with Gasteiger partial charge in [-0.1, -0.05) is 45.9 Å². The van der Waals surface area contributed by atoms with Gasteiger partial charge < -0.3 is 61.6 Å². The van der Waals surface area contributed by atoms with Crippen LogP contribution in [0.4, 0.5) is 0 Å². The average molecular weight is 977 g/mol. The summed E-state index contributed by atoms with van der Waals surface area (Å²) in [6.07, 6.45) is 12.6. The molecule has 7 unspecified atom stereocenters. The van der Waals surface area contributed by atoms with Crippen molar-refractivity contribution in [2.75, 3.05) is 103 Å². The van der Waals surface area contributed by atoms with Crippen LogP contribution in [-0.4, -0.2) is 169 Å². The van der Waals surface area contributed by atoms with Crippen molar-refractivity contribution in [1.82, 2.24) is 0 Å². The summed E-state index contributed by atoms with van der Waals surface area (Å²) in [6, 6.07) is 0. The van der Waals surface area contributed by atoms with Crippen LogP contribution in [0.2, 0.25) is 0 Å². The van der Waals surface area contributed by atoms with Gasteiger partial charge in [0.1, 0.15) is 11.7 Å². The van der Waals surface area contributed by atoms with E-state index in [0.717, 1.165) is 51.6 Å². The van der Waals surface area contributed by atoms with Crippen LogP contribution in [0, 0.1) is 5.92 Å². The van der Waals surface area contributed by atoms with Crippen LogP contribution < -0.4 is 0 Å². The van der Waals surface area contributed by atoms with Crippen molar-refractivity contribution in [3.05, 3.63) is 75.1 Å². The van der Waals surface area contributed by atoms with Crippen molar-refractivity contribution in [2.45, 2.75) is 123 Å². The summed E-state index contributed by atoms with van der Waals surface area (Å²) >= 11 is 0. The maximum atomic E-state index is 10.2. The van der Waals surface area contributed by atoms with Gasteiger partial charge in [0, 0.05) is 58.7 Å². The first-order chi connectivity index (χ1) is 31.9. The molecule has 0 bridgehead atoms. The first kappa shape index (κ1) is 72.9. The average Bonchev–Trinajstić information content (AvgIpc) is 4.04. The summed E-state index contributed by atoms with van der Waals surface area (Å²) in [5.41, 5.74) is 1.15. The molecule has 1 saturated carbocycles. The van der Waals surface area contributed by atoms with E-state index >= 15 is 0 Å². The number of rotatable bonds is 14. The highest BCUT2D eigenvalue weighted by atomic mass is 16.6. The van der Waals surface area contributed by atoms with Crippen LogP contribution in [0.5, 0.6) is 0 Å². The molecule has 5 aliphatic heterocycles. The number of esters is 3. The predicted octanol–water partition coefficient (Wildman–Crippen LogP) is 7.81. The summed E-state index contributed by atoms with van der Waals surface area (Å²) in [4.78, 5) is 40.3. The van der Waals surface area contributed by atoms with Gasteiger partial charge >= 0.3 is 17.9 Å². The van der Waals surface area contributed by atoms with Gasteiger partial charge in [-0.05, 0) is 79.7 Å². The van der Waals surface area contributed by atoms with Gasteiger partial charge in [-0.2, -0.15) is 0 Å². The number of fused-ring (bicyclic) bond motifs is 1. The molecular weight excluding hydrogens is 885 g/mol. The molecule has 0 aromatic rings. The molecule has 0 amide bonds. The second-order valence-electron chi connectivity index (χ2n) is 15.9. The second kappa shape index (κ2) is 46.7. The number of ether oxygens (including phenoxy) is 13. The summed E-state index contributed by atoms with van der Waals surface area (Å²) in [6.45, 7) is 41.0. The zero-order valence-electron chi connectivity index (χ0n) is 44.7. The van der Waals surface area contributed by atoms with Crippen molar-refractivity contribution in [3.63, 3.8) is 0 Å². The molecule has 0 spiro atoms. The fourth-order valence-corrected chi connectivity index (χ4v) is 3.95. The maximum Gasteiger partial charge on any atom is 0.332 e. The van der Waals surface area contributed by atoms with E-state index in [2.05, 4.69) is 90.9 Å². The van der Waals surface area contributed by atoms with Crippen LogP contribution in [0.15, 0.2) is 75.1 Å². The van der Waals surface area contributed by atoms with E-state index in [9.17, 15) is 19.2 Å². The molecule has 7 atom stereocenters. The molecule has 6 fully saturated rings. The Balaban J connectivity index is -0.000000216. The molecule has 17 nitrogen and oxygen atoms in total. The standard InChI is InChI=1S/C8H14O2.C5H10O2.2C5H8O2.C5H10O.C5H8O.C4H8O2.C4H6O2.C4H8O.2C3H6O/c1-9-5-6-2-3-7-8(4-6)10-7;1-5(3-6-2)4-7-5;2*1-4(2)5(6)7-3;1-4-5(2,3)6-4;1-3-5(6)4-2;1-5-2-4-3-6-4;1-3-4(5)6-2;1-3-4-5-2;1-3-2-4-3;1-3-4-2/h6-8H,2-5H2,1H3;3-4H2,1-2H3;2*1H2,2-3H3;4H,1-3H3;3H,1,4H2,2H3;4H,2-3H2,1H3;3H,1H2,2H3;3H,1,4H2,2H3;3H,2H2,1H3;3H,1H2,2H3. The summed E-state index contributed by atoms with van der Waals surface area (Å²) < 4.78 is 61.3. The third-order valence-corrected chi connectivity index (χ3v) is 8.72. The molecular formula is C51H92O17. The van der Waals surface area contributed by atoms with Crippen LogP contribution >= 0.6 is 0 Å². The molecule has 0 radical (unpaired) electrons. The van der Waals surface area contributed by atoms with Crippen molar-refractivity contribution in [1.29, 1.82) is 0 Å². The van der Waals surface area contributed by atoms with Gasteiger partial charge in [-0.25, -0.2) is 14.4 Å². The Labute approximate surface area is 410 Å². The van der Waals surface area contributed by atoms with E-state index in [1.54, 1.807) is 55.5 Å². The van der Waals surface area contributed by atoms with Gasteiger partial charge in [-0.3, -0.25) is 4.79 Å². The number of hydrogen-bond donors (Lipinski definition) is 0. The minimum atomic E-state index is -0.394. The smallest absolute Gasteiger partial charge is 0.332 e. The number of epoxide rings is 5. The van der Waals surface area contributed by atoms with Gasteiger partial charge in [-0.15, -0.1) is 6.58 Å². The summed E-state index contributed by atoms with van der Waals surface area (Å²) in [7, 11) is 12.3. The lowest BCUT2D eigenvalue weighted by Crippen LogP contribution is -2.17. The quantitative estimate of drug-likeness (QED) is 0.0406. The summed E-state index contributed by atoms with van der Waals surface area (Å²) in [5, 5.41) is 0. The molecule has 0 N–H and O–H groups in total. The number of methoxy groups -OCH3 is 8. The zero-order valence-corrected chi connectivity index (χ0v) is 44.7. The molecule has 5 heterocycles. The third-order valence-electron chi connectivity index (χ3n) is 8.72. The lowest BCUT2D eigenvalue weighted by molar-refractivity contribution is -0.136. The number of carbonyl (C=O) groups is 4. The molecule has 6 rings (SSSR count). The first-order valence-corrected chi connectivity index (χ1v) is 22.2. The SMILES string of the molecule is C=C(C)C(=O)OC.C=C(C)C(=O)OC.C=CC(=O)CC.C=CC(=O)OC.C=CCOC.C=COC.CC1CO1.CC1OC1(C)C.COCC1(C)CO1.COCC1CCC2OC2C1.COCC1CO1. The Morgan fingerprint density at radius 1 is 0.706 bits per heavy atom. The van der Waals surface area contributed by atoms with Crippen LogP contribution in [0.1, 0.15) is 81.1 Å². The lowest BCUT2D eigenvalue weighted by Gasteiger charge is -2.16. The first-order valence-electron chi connectivity index (χ1n) is 22.2. The fraction of sp³-hybridized carbons (Fsp3) is 0.686. The van der Waals surface area contributed by atoms with Crippen molar-refractivity contribution in [3.8, 4) is 0 Å². The molecule has 398 valence electrons. The number of carbonyl (C=O) groups excluding carboxylic acids is 4. The molecule has 0 aromatic heterocycles. The highest BCUT2D eigenvalue weighted by Crippen LogP contribution is 2.39. The minimum Gasteiger partial charge on any atom is -0.505 e. The molecule has 0 aromatic carbocycles. The molecule has 6 aliphatic rings. The van der Waals surface area contributed by atoms with E-state index in [0.29, 0.717) is 54.7 Å². The molecule has 68 heavy (non-hydrogen) atoms. The number of allylic oxidation sites excluding steroid dienone is 1. The normalized spacial score (nSPS) is 22.8. The van der Waals surface area contributed by atoms with Gasteiger partial charge in [0.05, 0.1) is 104 Å². The number of hydrogen-bond acceptors (Lipinski definition) is 17. The predicted molar refractivity (Wildman–Crippen MR) is 266 cm³/mol. The lowest BCUT2D eigenvalue weighted by atomic mass is 9.90. The topological polar surface area (TPSA) is 205 Å². The van der Waals surface area contributed by atoms with E-state index in [1.165, 1.54) is 52.9 Å². The van der Waals surface area contributed by atoms with Gasteiger partial charge in [0.15, 0.2) is 5.78 Å². The Kier molecular flexibility index (Phi) is 50.1. The van der Waals surface area contributed by atoms with Crippen molar-refractivity contribution < 1.29 is 80.8 Å². The van der Waals surface area contributed by atoms with Crippen LogP contribution in [0.25, 0.3) is 0 Å². The third kappa shape index (κ3) is 56.3. The summed E-state index contributed by atoms with van der Waals surface area (Å²) in [5.74, 6) is -0.209. The minimum absolute atomic E-state index is 0.0781. The van der Waals surface area contributed by atoms with Crippen LogP contribution in [0.3, 0.4) is 0 Å². The van der Waals surface area contributed by atoms with E-state index < -0.39 is 5.97 Å². The maximum absolute atomic E-state index is 10.2. The zero-order chi connectivity index (χ0) is 53.7. The fourth-order valence-electron chi connectivity index (χ4n) is 3.95. The highest BCUT2D eigenvalue weighted by molar-refractivity contribution is 5.88. The van der Waals surface area contributed by atoms with E-state index in [-0.39, 0.29) is 28.9 Å². The largest absolute Gasteiger partial charge is 0.505 e. The van der Waals surface area contributed by atoms with Crippen molar-refractivity contribution in [2.24, 2.45) is 5.92 Å². The van der Waals surface area contributed by atoms with E-state index in [4.69, 9.17) is 37.9 Å². The monoisotopic (exact) mass is 977 g/mol. The van der Waals surface area contributed by atoms with Crippen LogP contribution in [-0.2, 0) is 80.8 Å².